The van der Waals surface area contributed by atoms with Crippen molar-refractivity contribution in [3.63, 3.8) is 0 Å². The van der Waals surface area contributed by atoms with Gasteiger partial charge in [0.1, 0.15) is 0 Å². The molecule has 0 aliphatic carbocycles. The lowest BCUT2D eigenvalue weighted by molar-refractivity contribution is 0.265. The van der Waals surface area contributed by atoms with Crippen LogP contribution >= 0.6 is 0 Å². The number of aromatic nitrogens is 2. The third-order valence-corrected chi connectivity index (χ3v) is 2.39. The molecule has 5 nitrogen and oxygen atoms in total. The molecule has 15 heavy (non-hydrogen) atoms. The second-order valence-electron chi connectivity index (χ2n) is 4.19. The number of aromatic amines is 1. The minimum Gasteiger partial charge on any atom is -0.494 e. The van der Waals surface area contributed by atoms with E-state index in [-0.39, 0.29) is 5.88 Å². The van der Waals surface area contributed by atoms with Gasteiger partial charge in [-0.2, -0.15) is 0 Å². The second kappa shape index (κ2) is 3.92. The molecule has 0 saturated carbocycles. The molecule has 1 rings (SSSR count). The highest BCUT2D eigenvalue weighted by Gasteiger charge is 2.23. The molecule has 0 fully saturated rings. The van der Waals surface area contributed by atoms with Crippen LogP contribution in [0, 0.1) is 0 Å². The Morgan fingerprint density at radius 1 is 1.47 bits per heavy atom. The molecule has 0 radical (unpaired) electrons. The lowest BCUT2D eigenvalue weighted by Gasteiger charge is -2.27. The molecule has 0 atom stereocenters. The Labute approximate surface area is 87.4 Å². The first-order valence-electron chi connectivity index (χ1n) is 4.94. The Morgan fingerprint density at radius 2 is 2.07 bits per heavy atom. The Morgan fingerprint density at radius 3 is 2.53 bits per heavy atom. The zero-order valence-corrected chi connectivity index (χ0v) is 9.20. The van der Waals surface area contributed by atoms with Gasteiger partial charge in [0.25, 0.3) is 5.56 Å². The maximum atomic E-state index is 11.5. The normalized spacial score (nSPS) is 11.7. The van der Waals surface area contributed by atoms with E-state index in [2.05, 4.69) is 4.98 Å². The Balaban J connectivity index is 3.38. The van der Waals surface area contributed by atoms with Crippen molar-refractivity contribution in [2.45, 2.75) is 39.2 Å². The van der Waals surface area contributed by atoms with Crippen molar-refractivity contribution in [2.24, 2.45) is 0 Å². The molecule has 0 unspecified atom stereocenters. The van der Waals surface area contributed by atoms with E-state index < -0.39 is 16.8 Å². The van der Waals surface area contributed by atoms with Crippen LogP contribution in [-0.2, 0) is 5.54 Å². The van der Waals surface area contributed by atoms with Gasteiger partial charge in [-0.25, -0.2) is 4.79 Å². The molecule has 1 aromatic heterocycles. The molecule has 1 heterocycles. The van der Waals surface area contributed by atoms with Crippen LogP contribution in [0.3, 0.4) is 0 Å². The fourth-order valence-corrected chi connectivity index (χ4v) is 1.79. The molecule has 0 aromatic carbocycles. The van der Waals surface area contributed by atoms with Crippen LogP contribution in [0.4, 0.5) is 0 Å². The molecular weight excluding hydrogens is 196 g/mol. The van der Waals surface area contributed by atoms with E-state index in [1.165, 1.54) is 4.57 Å². The van der Waals surface area contributed by atoms with Gasteiger partial charge in [-0.3, -0.25) is 14.3 Å². The monoisotopic (exact) mass is 212 g/mol. The summed E-state index contributed by atoms with van der Waals surface area (Å²) in [5.41, 5.74) is -1.65. The fourth-order valence-electron chi connectivity index (χ4n) is 1.79. The molecule has 5 heteroatoms. The number of aromatic hydroxyl groups is 1. The highest BCUT2D eigenvalue weighted by molar-refractivity contribution is 5.09. The standard InChI is InChI=1S/C10H16N2O3/c1-4-5-10(2,3)12-8(14)6-7(13)11-9(12)15/h6,14H,4-5H2,1-3H3,(H,11,13,15). The van der Waals surface area contributed by atoms with Crippen LogP contribution in [0.2, 0.25) is 0 Å². The average molecular weight is 212 g/mol. The summed E-state index contributed by atoms with van der Waals surface area (Å²) in [5.74, 6) is -0.290. The van der Waals surface area contributed by atoms with Crippen molar-refractivity contribution in [2.75, 3.05) is 0 Å². The highest BCUT2D eigenvalue weighted by Crippen LogP contribution is 2.23. The molecular formula is C10H16N2O3. The predicted octanol–water partition coefficient (Wildman–Crippen LogP) is 0.777. The molecule has 84 valence electrons. The van der Waals surface area contributed by atoms with Crippen LogP contribution < -0.4 is 11.2 Å². The van der Waals surface area contributed by atoms with Crippen molar-refractivity contribution < 1.29 is 5.11 Å². The van der Waals surface area contributed by atoms with Crippen molar-refractivity contribution >= 4 is 0 Å². The van der Waals surface area contributed by atoms with Crippen molar-refractivity contribution in [1.29, 1.82) is 0 Å². The third kappa shape index (κ3) is 2.29. The van der Waals surface area contributed by atoms with E-state index in [0.717, 1.165) is 18.9 Å². The number of rotatable bonds is 3. The molecule has 0 bridgehead atoms. The Bertz CT molecular complexity index is 456. The third-order valence-electron chi connectivity index (χ3n) is 2.39. The van der Waals surface area contributed by atoms with Gasteiger partial charge in [0.2, 0.25) is 5.88 Å². The van der Waals surface area contributed by atoms with Gasteiger partial charge in [-0.1, -0.05) is 13.3 Å². The van der Waals surface area contributed by atoms with Gasteiger partial charge < -0.3 is 5.11 Å². The first-order chi connectivity index (χ1) is 6.88. The summed E-state index contributed by atoms with van der Waals surface area (Å²) in [6, 6.07) is 1.01. The van der Waals surface area contributed by atoms with Crippen LogP contribution in [0.15, 0.2) is 15.7 Å². The summed E-state index contributed by atoms with van der Waals surface area (Å²) in [6.07, 6.45) is 1.63. The number of hydrogen-bond donors (Lipinski definition) is 2. The fraction of sp³-hybridized carbons (Fsp3) is 0.600. The molecule has 0 saturated heterocycles. The lowest BCUT2D eigenvalue weighted by Crippen LogP contribution is -2.40. The van der Waals surface area contributed by atoms with Crippen LogP contribution in [-0.4, -0.2) is 14.7 Å². The summed E-state index contributed by atoms with van der Waals surface area (Å²) in [6.45, 7) is 5.68. The smallest absolute Gasteiger partial charge is 0.331 e. The summed E-state index contributed by atoms with van der Waals surface area (Å²) >= 11 is 0. The zero-order valence-electron chi connectivity index (χ0n) is 9.20. The van der Waals surface area contributed by atoms with Crippen molar-refractivity contribution in [1.82, 2.24) is 9.55 Å². The first kappa shape index (κ1) is 11.6. The van der Waals surface area contributed by atoms with Crippen molar-refractivity contribution in [3.05, 3.63) is 26.9 Å². The van der Waals surface area contributed by atoms with Gasteiger partial charge in [0.05, 0.1) is 6.07 Å². The second-order valence-corrected chi connectivity index (χ2v) is 4.19. The van der Waals surface area contributed by atoms with Crippen LogP contribution in [0.25, 0.3) is 0 Å². The molecule has 2 N–H and O–H groups in total. The van der Waals surface area contributed by atoms with Gasteiger partial charge in [0.15, 0.2) is 0 Å². The van der Waals surface area contributed by atoms with E-state index in [4.69, 9.17) is 0 Å². The average Bonchev–Trinajstić information content (AvgIpc) is 1.99. The summed E-state index contributed by atoms with van der Waals surface area (Å²) in [5, 5.41) is 9.58. The SMILES string of the molecule is CCCC(C)(C)n1c(O)cc(=O)[nH]c1=O. The van der Waals surface area contributed by atoms with E-state index >= 15 is 0 Å². The van der Waals surface area contributed by atoms with Gasteiger partial charge in [-0.05, 0) is 20.3 Å². The number of nitrogens with one attached hydrogen (secondary N) is 1. The maximum absolute atomic E-state index is 11.5. The summed E-state index contributed by atoms with van der Waals surface area (Å²) in [7, 11) is 0. The minimum atomic E-state index is -0.582. The van der Waals surface area contributed by atoms with E-state index in [1.54, 1.807) is 0 Å². The van der Waals surface area contributed by atoms with Gasteiger partial charge in [-0.15, -0.1) is 0 Å². The maximum Gasteiger partial charge on any atom is 0.331 e. The van der Waals surface area contributed by atoms with Crippen LogP contribution in [0.5, 0.6) is 5.88 Å². The lowest BCUT2D eigenvalue weighted by atomic mass is 9.98. The van der Waals surface area contributed by atoms with Gasteiger partial charge in [0, 0.05) is 5.54 Å². The largest absolute Gasteiger partial charge is 0.494 e. The number of hydrogen-bond acceptors (Lipinski definition) is 3. The van der Waals surface area contributed by atoms with E-state index in [1.807, 2.05) is 20.8 Å². The first-order valence-corrected chi connectivity index (χ1v) is 4.94. The minimum absolute atomic E-state index is 0.290. The van der Waals surface area contributed by atoms with E-state index in [0.29, 0.717) is 0 Å². The van der Waals surface area contributed by atoms with E-state index in [9.17, 15) is 14.7 Å². The highest BCUT2D eigenvalue weighted by atomic mass is 16.3. The Hall–Kier alpha value is -1.52. The Kier molecular flexibility index (Phi) is 3.02. The topological polar surface area (TPSA) is 75.1 Å². The molecule has 1 aromatic rings. The predicted molar refractivity (Wildman–Crippen MR) is 57.2 cm³/mol. The number of nitrogens with zero attached hydrogens (tertiary/aromatic N) is 1. The van der Waals surface area contributed by atoms with Gasteiger partial charge >= 0.3 is 5.69 Å². The molecule has 0 amide bonds. The zero-order chi connectivity index (χ0) is 11.6. The molecule has 0 aliphatic rings. The molecule has 0 aliphatic heterocycles. The summed E-state index contributed by atoms with van der Waals surface area (Å²) < 4.78 is 1.21. The summed E-state index contributed by atoms with van der Waals surface area (Å²) in [4.78, 5) is 24.6. The number of H-pyrrole nitrogens is 1. The van der Waals surface area contributed by atoms with Crippen molar-refractivity contribution in [3.8, 4) is 5.88 Å². The van der Waals surface area contributed by atoms with Crippen LogP contribution in [0.1, 0.15) is 33.6 Å². The molecule has 0 spiro atoms. The quantitative estimate of drug-likeness (QED) is 0.777.